The molecule has 144 valence electrons. The van der Waals surface area contributed by atoms with Crippen molar-refractivity contribution in [1.82, 2.24) is 9.88 Å². The number of hydrogen-bond acceptors (Lipinski definition) is 6. The Balaban J connectivity index is 1.39. The Labute approximate surface area is 163 Å². The van der Waals surface area contributed by atoms with Crippen LogP contribution in [0.3, 0.4) is 0 Å². The number of nitrogens with zero attached hydrogens (tertiary/aromatic N) is 2. The molecular weight excluding hydrogens is 362 g/mol. The summed E-state index contributed by atoms with van der Waals surface area (Å²) in [5, 5.41) is 3.60. The molecule has 3 heterocycles. The molecule has 27 heavy (non-hydrogen) atoms. The van der Waals surface area contributed by atoms with Gasteiger partial charge in [0.15, 0.2) is 5.13 Å². The van der Waals surface area contributed by atoms with Gasteiger partial charge in [-0.15, -0.1) is 11.3 Å². The number of carbonyl (C=O) groups excluding carboxylic acids is 1. The summed E-state index contributed by atoms with van der Waals surface area (Å²) < 4.78 is 11.6. The normalized spacial score (nSPS) is 25.3. The summed E-state index contributed by atoms with van der Waals surface area (Å²) in [7, 11) is 1.72. The third kappa shape index (κ3) is 3.78. The number of ether oxygens (including phenoxy) is 2. The van der Waals surface area contributed by atoms with Crippen LogP contribution in [0.2, 0.25) is 0 Å². The Morgan fingerprint density at radius 1 is 1.44 bits per heavy atom. The Bertz CT molecular complexity index is 802. The fourth-order valence-corrected chi connectivity index (χ4v) is 4.98. The molecule has 2 aliphatic rings. The van der Waals surface area contributed by atoms with Gasteiger partial charge < -0.3 is 14.8 Å². The van der Waals surface area contributed by atoms with Crippen molar-refractivity contribution in [3.8, 4) is 11.3 Å². The van der Waals surface area contributed by atoms with Crippen LogP contribution < -0.4 is 5.32 Å². The van der Waals surface area contributed by atoms with Crippen LogP contribution in [0.1, 0.15) is 17.7 Å². The predicted molar refractivity (Wildman–Crippen MR) is 106 cm³/mol. The number of thiazole rings is 1. The van der Waals surface area contributed by atoms with Gasteiger partial charge in [-0.1, -0.05) is 30.3 Å². The molecule has 7 heteroatoms. The van der Waals surface area contributed by atoms with Gasteiger partial charge in [-0.3, -0.25) is 9.69 Å². The van der Waals surface area contributed by atoms with Gasteiger partial charge in [0.2, 0.25) is 5.91 Å². The van der Waals surface area contributed by atoms with E-state index < -0.39 is 0 Å². The first-order chi connectivity index (χ1) is 13.1. The average molecular weight is 388 g/mol. The third-order valence-electron chi connectivity index (χ3n) is 5.38. The Morgan fingerprint density at radius 3 is 2.96 bits per heavy atom. The summed E-state index contributed by atoms with van der Waals surface area (Å²) in [6.45, 7) is 4.59. The van der Waals surface area contributed by atoms with Gasteiger partial charge in [0.25, 0.3) is 0 Å². The number of aromatic nitrogens is 1. The second-order valence-electron chi connectivity index (χ2n) is 7.25. The van der Waals surface area contributed by atoms with Crippen molar-refractivity contribution < 1.29 is 14.3 Å². The summed E-state index contributed by atoms with van der Waals surface area (Å²) in [5.41, 5.74) is 1.75. The predicted octanol–water partition coefficient (Wildman–Crippen LogP) is 2.94. The topological polar surface area (TPSA) is 63.7 Å². The number of hydrogen-bond donors (Lipinski definition) is 1. The fraction of sp³-hybridized carbons (Fsp3) is 0.500. The summed E-state index contributed by atoms with van der Waals surface area (Å²) in [6.07, 6.45) is 2.08. The highest BCUT2D eigenvalue weighted by Crippen LogP contribution is 2.36. The Kier molecular flexibility index (Phi) is 5.27. The monoisotopic (exact) mass is 387 g/mol. The van der Waals surface area contributed by atoms with E-state index >= 15 is 0 Å². The number of aryl methyl sites for hydroxylation is 1. The van der Waals surface area contributed by atoms with E-state index in [9.17, 15) is 4.79 Å². The van der Waals surface area contributed by atoms with Gasteiger partial charge in [0, 0.05) is 37.2 Å². The van der Waals surface area contributed by atoms with Crippen molar-refractivity contribution in [3.63, 3.8) is 0 Å². The van der Waals surface area contributed by atoms with Gasteiger partial charge in [-0.05, 0) is 19.8 Å². The number of nitrogens with one attached hydrogen (secondary N) is 1. The number of carbonyl (C=O) groups is 1. The second-order valence-corrected chi connectivity index (χ2v) is 8.45. The average Bonchev–Trinajstić information content (AvgIpc) is 3.36. The van der Waals surface area contributed by atoms with Crippen LogP contribution in [-0.4, -0.2) is 60.8 Å². The number of likely N-dealkylation sites (tertiary alicyclic amines) is 1. The zero-order chi connectivity index (χ0) is 18.9. The Hall–Kier alpha value is -1.80. The Morgan fingerprint density at radius 2 is 2.26 bits per heavy atom. The SMILES string of the molecule is CO[C@@H]1CN(CC(=O)Nc2nc(-c3ccccc3)c(C)s2)C[C@]12CCCO2. The van der Waals surface area contributed by atoms with Crippen LogP contribution in [0.4, 0.5) is 5.13 Å². The summed E-state index contributed by atoms with van der Waals surface area (Å²) in [4.78, 5) is 20.4. The molecule has 0 bridgehead atoms. The highest BCUT2D eigenvalue weighted by atomic mass is 32.1. The first-order valence-electron chi connectivity index (χ1n) is 9.31. The molecule has 2 saturated heterocycles. The van der Waals surface area contributed by atoms with Crippen LogP contribution >= 0.6 is 11.3 Å². The van der Waals surface area contributed by atoms with Crippen LogP contribution in [0.15, 0.2) is 30.3 Å². The van der Waals surface area contributed by atoms with Crippen molar-refractivity contribution in [2.45, 2.75) is 31.5 Å². The zero-order valence-electron chi connectivity index (χ0n) is 15.7. The lowest BCUT2D eigenvalue weighted by Crippen LogP contribution is -2.42. The van der Waals surface area contributed by atoms with E-state index in [1.165, 1.54) is 11.3 Å². The summed E-state index contributed by atoms with van der Waals surface area (Å²) in [6, 6.07) is 10.0. The van der Waals surface area contributed by atoms with Gasteiger partial charge in [-0.25, -0.2) is 4.98 Å². The van der Waals surface area contributed by atoms with Crippen LogP contribution in [0.5, 0.6) is 0 Å². The summed E-state index contributed by atoms with van der Waals surface area (Å²) >= 11 is 1.51. The quantitative estimate of drug-likeness (QED) is 0.855. The van der Waals surface area contributed by atoms with Crippen LogP contribution in [-0.2, 0) is 14.3 Å². The first-order valence-corrected chi connectivity index (χ1v) is 10.1. The van der Waals surface area contributed by atoms with Crippen LogP contribution in [0, 0.1) is 6.92 Å². The minimum absolute atomic E-state index is 0.0274. The third-order valence-corrected chi connectivity index (χ3v) is 6.26. The molecule has 2 fully saturated rings. The fourth-order valence-electron chi connectivity index (χ4n) is 4.13. The van der Waals surface area contributed by atoms with E-state index in [2.05, 4.69) is 15.2 Å². The molecule has 0 aliphatic carbocycles. The lowest BCUT2D eigenvalue weighted by atomic mass is 9.97. The number of anilines is 1. The maximum atomic E-state index is 12.6. The molecule has 4 rings (SSSR count). The zero-order valence-corrected chi connectivity index (χ0v) is 16.6. The molecule has 2 aliphatic heterocycles. The van der Waals surface area contributed by atoms with E-state index in [4.69, 9.17) is 9.47 Å². The second kappa shape index (κ2) is 7.67. The molecule has 1 N–H and O–H groups in total. The van der Waals surface area contributed by atoms with Crippen molar-refractivity contribution in [1.29, 1.82) is 0 Å². The van der Waals surface area contributed by atoms with Crippen molar-refractivity contribution >= 4 is 22.4 Å². The molecule has 0 radical (unpaired) electrons. The van der Waals surface area contributed by atoms with Gasteiger partial charge in [0.05, 0.1) is 18.3 Å². The molecule has 0 saturated carbocycles. The number of amides is 1. The number of rotatable bonds is 5. The molecule has 6 nitrogen and oxygen atoms in total. The maximum Gasteiger partial charge on any atom is 0.240 e. The molecule has 0 unspecified atom stereocenters. The van der Waals surface area contributed by atoms with Crippen molar-refractivity contribution in [2.24, 2.45) is 0 Å². The molecule has 1 amide bonds. The minimum atomic E-state index is -0.243. The highest BCUT2D eigenvalue weighted by Gasteiger charge is 2.50. The van der Waals surface area contributed by atoms with Gasteiger partial charge in [-0.2, -0.15) is 0 Å². The maximum absolute atomic E-state index is 12.6. The molecular formula is C20H25N3O3S. The largest absolute Gasteiger partial charge is 0.377 e. The smallest absolute Gasteiger partial charge is 0.240 e. The molecule has 1 aromatic heterocycles. The molecule has 1 aromatic carbocycles. The van der Waals surface area contributed by atoms with Crippen molar-refractivity contribution in [2.75, 3.05) is 38.7 Å². The van der Waals surface area contributed by atoms with E-state index in [1.54, 1.807) is 7.11 Å². The van der Waals surface area contributed by atoms with E-state index in [0.717, 1.165) is 48.7 Å². The van der Waals surface area contributed by atoms with Gasteiger partial charge >= 0.3 is 0 Å². The van der Waals surface area contributed by atoms with Crippen LogP contribution in [0.25, 0.3) is 11.3 Å². The van der Waals surface area contributed by atoms with Gasteiger partial charge in [0.1, 0.15) is 5.60 Å². The molecule has 2 atom stereocenters. The van der Waals surface area contributed by atoms with E-state index in [1.807, 2.05) is 37.3 Å². The molecule has 2 aromatic rings. The van der Waals surface area contributed by atoms with Crippen molar-refractivity contribution in [3.05, 3.63) is 35.2 Å². The van der Waals surface area contributed by atoms with E-state index in [-0.39, 0.29) is 17.6 Å². The first kappa shape index (κ1) is 18.6. The minimum Gasteiger partial charge on any atom is -0.377 e. The number of benzene rings is 1. The lowest BCUT2D eigenvalue weighted by molar-refractivity contribution is -0.117. The number of methoxy groups -OCH3 is 1. The van der Waals surface area contributed by atoms with E-state index in [0.29, 0.717) is 11.7 Å². The highest BCUT2D eigenvalue weighted by molar-refractivity contribution is 7.16. The molecule has 1 spiro atoms. The standard InChI is InChI=1S/C20H25N3O3S/c1-14-18(15-7-4-3-5-8-15)22-19(27-14)21-17(24)12-23-11-16(25-2)20(13-23)9-6-10-26-20/h3-5,7-8,16H,6,9-13H2,1-2H3,(H,21,22,24)/t16-,20-/m1/s1. The summed E-state index contributed by atoms with van der Waals surface area (Å²) in [5.74, 6) is -0.0479. The lowest BCUT2D eigenvalue weighted by Gasteiger charge is -2.28.